The van der Waals surface area contributed by atoms with Gasteiger partial charge in [-0.25, -0.2) is 0 Å². The van der Waals surface area contributed by atoms with Crippen LogP contribution in [-0.4, -0.2) is 39.4 Å². The Morgan fingerprint density at radius 3 is 1.36 bits per heavy atom. The van der Waals surface area contributed by atoms with Crippen LogP contribution in [0.5, 0.6) is 0 Å². The first-order valence-electron chi connectivity index (χ1n) is 15.5. The Labute approximate surface area is 258 Å². The molecule has 1 saturated carbocycles. The van der Waals surface area contributed by atoms with Gasteiger partial charge in [0.25, 0.3) is 0 Å². The van der Waals surface area contributed by atoms with E-state index < -0.39 is 24.0 Å². The summed E-state index contributed by atoms with van der Waals surface area (Å²) in [6.45, 7) is 5.94. The van der Waals surface area contributed by atoms with E-state index in [-0.39, 0.29) is 0 Å². The van der Waals surface area contributed by atoms with Crippen LogP contribution in [0.4, 0.5) is 22.7 Å². The van der Waals surface area contributed by atoms with Crippen molar-refractivity contribution in [3.63, 3.8) is 0 Å². The first-order valence-corrected chi connectivity index (χ1v) is 15.5. The monoisotopic (exact) mass is 582 g/mol. The molecule has 224 valence electrons. The Kier molecular flexibility index (Phi) is 6.80. The fraction of sp³-hybridized carbons (Fsp3) is 0.263. The van der Waals surface area contributed by atoms with Crippen LogP contribution in [0.3, 0.4) is 0 Å². The van der Waals surface area contributed by atoms with Crippen molar-refractivity contribution in [3.05, 3.63) is 96.1 Å². The third-order valence-corrected chi connectivity index (χ3v) is 9.80. The summed E-state index contributed by atoms with van der Waals surface area (Å²) < 4.78 is 0. The Morgan fingerprint density at radius 1 is 0.545 bits per heavy atom. The lowest BCUT2D eigenvalue weighted by Gasteiger charge is -2.62. The summed E-state index contributed by atoms with van der Waals surface area (Å²) in [6.07, 6.45) is -2.33. The summed E-state index contributed by atoms with van der Waals surface area (Å²) in [5.41, 5.74) is 18.3. The minimum Gasteiger partial charge on any atom is -0.851 e. The summed E-state index contributed by atoms with van der Waals surface area (Å²) in [7, 11) is 4.03. The van der Waals surface area contributed by atoms with Gasteiger partial charge in [0.1, 0.15) is 0 Å². The molecular weight excluding hydrogens is 544 g/mol. The maximum atomic E-state index is 14.7. The fourth-order valence-electron chi connectivity index (χ4n) is 7.93. The molecule has 1 aliphatic rings. The molecule has 1 fully saturated rings. The number of anilines is 4. The molecule has 6 aromatic carbocycles. The molecule has 44 heavy (non-hydrogen) atoms. The number of nitrogens with zero attached hydrogens (tertiary/aromatic N) is 2. The average Bonchev–Trinajstić information content (AvgIpc) is 3.02. The molecular formula is C38H38N4O2-2. The highest BCUT2D eigenvalue weighted by molar-refractivity contribution is 6.19. The van der Waals surface area contributed by atoms with E-state index in [0.717, 1.165) is 78.7 Å². The highest BCUT2D eigenvalue weighted by Crippen LogP contribution is 2.55. The summed E-state index contributed by atoms with van der Waals surface area (Å²) >= 11 is 0. The molecule has 2 atom stereocenters. The zero-order chi connectivity index (χ0) is 30.9. The van der Waals surface area contributed by atoms with E-state index >= 15 is 0 Å². The Balaban J connectivity index is 1.50. The first-order chi connectivity index (χ1) is 21.3. The van der Waals surface area contributed by atoms with E-state index in [4.69, 9.17) is 11.5 Å². The number of benzene rings is 6. The van der Waals surface area contributed by atoms with E-state index in [9.17, 15) is 10.2 Å². The van der Waals surface area contributed by atoms with Gasteiger partial charge in [0.05, 0.1) is 11.4 Å². The maximum Gasteiger partial charge on any atom is 0.0526 e. The lowest BCUT2D eigenvalue weighted by Crippen LogP contribution is -2.63. The quantitative estimate of drug-likeness (QED) is 0.192. The number of fused-ring (bicyclic) bond motifs is 4. The van der Waals surface area contributed by atoms with Gasteiger partial charge in [0.15, 0.2) is 0 Å². The molecule has 0 heterocycles. The van der Waals surface area contributed by atoms with Gasteiger partial charge in [-0.1, -0.05) is 72.8 Å². The Hall–Kier alpha value is -4.52. The Bertz CT molecular complexity index is 2060. The van der Waals surface area contributed by atoms with E-state index in [0.29, 0.717) is 11.4 Å². The van der Waals surface area contributed by atoms with Gasteiger partial charge < -0.3 is 31.5 Å². The molecule has 7 rings (SSSR count). The fourth-order valence-corrected chi connectivity index (χ4v) is 7.93. The van der Waals surface area contributed by atoms with Gasteiger partial charge in [-0.3, -0.25) is 0 Å². The van der Waals surface area contributed by atoms with Crippen LogP contribution in [0.25, 0.3) is 43.1 Å². The molecule has 0 radical (unpaired) electrons. The molecule has 0 amide bonds. The van der Waals surface area contributed by atoms with Crippen molar-refractivity contribution in [2.45, 2.75) is 37.9 Å². The van der Waals surface area contributed by atoms with Crippen molar-refractivity contribution in [2.24, 2.45) is 0 Å². The van der Waals surface area contributed by atoms with E-state index in [1.165, 1.54) is 0 Å². The number of hydrogen-bond donors (Lipinski definition) is 2. The molecule has 4 N–H and O–H groups in total. The molecule has 6 aromatic rings. The second kappa shape index (κ2) is 10.6. The highest BCUT2D eigenvalue weighted by Gasteiger charge is 2.42. The molecule has 0 spiro atoms. The van der Waals surface area contributed by atoms with Crippen LogP contribution in [0, 0.1) is 0 Å². The van der Waals surface area contributed by atoms with Gasteiger partial charge in [0, 0.05) is 70.9 Å². The number of nitrogens with two attached hydrogens (primary N) is 2. The topological polar surface area (TPSA) is 105 Å². The molecule has 0 aromatic heterocycles. The Morgan fingerprint density at radius 2 is 0.932 bits per heavy atom. The number of hydrogen-bond acceptors (Lipinski definition) is 6. The first kappa shape index (κ1) is 28.3. The van der Waals surface area contributed by atoms with Crippen LogP contribution in [-0.2, 0) is 0 Å². The van der Waals surface area contributed by atoms with E-state index in [1.54, 1.807) is 0 Å². The molecule has 0 saturated heterocycles. The minimum absolute atomic E-state index is 0.581. The molecule has 0 bridgehead atoms. The zero-order valence-electron chi connectivity index (χ0n) is 25.7. The standard InChI is InChI=1S/C38H38N4O2/c1-5-42(6-2)36-24-16-10-8-14-22(24)32(30-26(36)18-12-20-28(30)40)34-37(43)33(38(34)44)31-21-13-7-9-15-23(21)35(41(3)4)25-17-11-19-27(39)29(25)31/h7-20,33-34,37-38H,5-6,39-40H2,1-4H3/q-2. The van der Waals surface area contributed by atoms with Crippen molar-refractivity contribution in [3.8, 4) is 0 Å². The normalized spacial score (nSPS) is 20.0. The van der Waals surface area contributed by atoms with Gasteiger partial charge >= 0.3 is 0 Å². The van der Waals surface area contributed by atoms with Crippen LogP contribution in [0.15, 0.2) is 84.9 Å². The lowest BCUT2D eigenvalue weighted by molar-refractivity contribution is -0.535. The largest absolute Gasteiger partial charge is 0.851 e. The smallest absolute Gasteiger partial charge is 0.0526 e. The highest BCUT2D eigenvalue weighted by atomic mass is 16.3. The van der Waals surface area contributed by atoms with E-state index in [1.807, 2.05) is 80.8 Å². The molecule has 0 aliphatic heterocycles. The summed E-state index contributed by atoms with van der Waals surface area (Å²) in [6, 6.07) is 28.0. The van der Waals surface area contributed by atoms with Gasteiger partial charge in [-0.2, -0.15) is 0 Å². The van der Waals surface area contributed by atoms with Crippen LogP contribution in [0.1, 0.15) is 36.8 Å². The van der Waals surface area contributed by atoms with Gasteiger partial charge in [0.2, 0.25) is 0 Å². The average molecular weight is 583 g/mol. The van der Waals surface area contributed by atoms with Crippen LogP contribution in [0.2, 0.25) is 0 Å². The van der Waals surface area contributed by atoms with Crippen LogP contribution < -0.4 is 31.5 Å². The molecule has 6 nitrogen and oxygen atoms in total. The molecule has 2 unspecified atom stereocenters. The van der Waals surface area contributed by atoms with Crippen molar-refractivity contribution < 1.29 is 10.2 Å². The van der Waals surface area contributed by atoms with Gasteiger partial charge in [-0.15, -0.1) is 12.2 Å². The van der Waals surface area contributed by atoms with Crippen molar-refractivity contribution in [1.82, 2.24) is 0 Å². The SMILES string of the molecule is CCN(CC)c1c2ccccc2c(C2C([O-])C(c3c4ccccc4c(N(C)C)c4cccc(N)c34)C2[O-])c2c(N)cccc12. The third-order valence-electron chi connectivity index (χ3n) is 9.80. The van der Waals surface area contributed by atoms with Crippen molar-refractivity contribution in [1.29, 1.82) is 0 Å². The minimum atomic E-state index is -1.17. The van der Waals surface area contributed by atoms with Crippen molar-refractivity contribution >= 4 is 65.8 Å². The zero-order valence-corrected chi connectivity index (χ0v) is 25.7. The predicted molar refractivity (Wildman–Crippen MR) is 183 cm³/mol. The predicted octanol–water partition coefficient (Wildman–Crippen LogP) is 5.71. The van der Waals surface area contributed by atoms with Crippen molar-refractivity contribution in [2.75, 3.05) is 48.5 Å². The second-order valence-electron chi connectivity index (χ2n) is 12.2. The summed E-state index contributed by atoms with van der Waals surface area (Å²) in [5.74, 6) is -1.51. The molecule has 6 heteroatoms. The third kappa shape index (κ3) is 3.87. The number of rotatable bonds is 6. The molecule has 1 aliphatic carbocycles. The summed E-state index contributed by atoms with van der Waals surface area (Å²) in [5, 5.41) is 36.9. The summed E-state index contributed by atoms with van der Waals surface area (Å²) in [4.78, 5) is 4.41. The maximum absolute atomic E-state index is 14.7. The number of nitrogen functional groups attached to an aromatic ring is 2. The van der Waals surface area contributed by atoms with Gasteiger partial charge in [-0.05, 0) is 59.7 Å². The lowest BCUT2D eigenvalue weighted by atomic mass is 9.60. The van der Waals surface area contributed by atoms with E-state index in [2.05, 4.69) is 41.8 Å². The second-order valence-corrected chi connectivity index (χ2v) is 12.2. The van der Waals surface area contributed by atoms with Crippen LogP contribution >= 0.6 is 0 Å².